The lowest BCUT2D eigenvalue weighted by Crippen LogP contribution is -2.04. The topological polar surface area (TPSA) is 43.4 Å². The van der Waals surface area contributed by atoms with Gasteiger partial charge in [0.2, 0.25) is 5.52 Å². The molecular weight excluding hydrogens is 187 g/mol. The molecule has 0 fully saturated rings. The van der Waals surface area contributed by atoms with Crippen molar-refractivity contribution in [3.63, 3.8) is 0 Å². The SMILES string of the molecule is CCCCCP(=O)(OC)C(=O)CC. The maximum absolute atomic E-state index is 11.8. The maximum atomic E-state index is 11.8. The molecule has 78 valence electrons. The number of unbranched alkanes of at least 4 members (excludes halogenated alkanes) is 2. The van der Waals surface area contributed by atoms with Crippen LogP contribution in [-0.2, 0) is 13.9 Å². The van der Waals surface area contributed by atoms with E-state index in [1.165, 1.54) is 7.11 Å². The molecule has 3 nitrogen and oxygen atoms in total. The van der Waals surface area contributed by atoms with Crippen LogP contribution in [0.2, 0.25) is 0 Å². The first-order valence-corrected chi connectivity index (χ1v) is 6.60. The minimum Gasteiger partial charge on any atom is -0.327 e. The normalized spacial score (nSPS) is 15.3. The van der Waals surface area contributed by atoms with E-state index in [0.29, 0.717) is 12.6 Å². The number of hydrogen-bond acceptors (Lipinski definition) is 3. The van der Waals surface area contributed by atoms with Gasteiger partial charge in [-0.25, -0.2) is 0 Å². The molecule has 0 heterocycles. The summed E-state index contributed by atoms with van der Waals surface area (Å²) in [5.74, 6) is 0. The van der Waals surface area contributed by atoms with Crippen molar-refractivity contribution in [3.8, 4) is 0 Å². The fourth-order valence-electron chi connectivity index (χ4n) is 1.13. The number of hydrogen-bond donors (Lipinski definition) is 0. The van der Waals surface area contributed by atoms with E-state index in [2.05, 4.69) is 6.92 Å². The molecule has 0 spiro atoms. The molecule has 0 rings (SSSR count). The first-order valence-electron chi connectivity index (χ1n) is 4.79. The van der Waals surface area contributed by atoms with Gasteiger partial charge in [-0.3, -0.25) is 9.36 Å². The van der Waals surface area contributed by atoms with Gasteiger partial charge in [0.15, 0.2) is 0 Å². The van der Waals surface area contributed by atoms with Gasteiger partial charge in [0, 0.05) is 19.7 Å². The summed E-state index contributed by atoms with van der Waals surface area (Å²) in [4.78, 5) is 11.3. The van der Waals surface area contributed by atoms with E-state index in [1.807, 2.05) is 0 Å². The number of carbonyl (C=O) groups excluding carboxylic acids is 1. The van der Waals surface area contributed by atoms with Gasteiger partial charge in [-0.1, -0.05) is 26.7 Å². The lowest BCUT2D eigenvalue weighted by atomic mass is 10.3. The molecule has 0 saturated carbocycles. The molecule has 0 bridgehead atoms. The van der Waals surface area contributed by atoms with Gasteiger partial charge < -0.3 is 4.52 Å². The lowest BCUT2D eigenvalue weighted by Gasteiger charge is -2.13. The van der Waals surface area contributed by atoms with Gasteiger partial charge >= 0.3 is 0 Å². The second-order valence-electron chi connectivity index (χ2n) is 3.03. The Bertz CT molecular complexity index is 201. The van der Waals surface area contributed by atoms with Gasteiger partial charge in [-0.15, -0.1) is 0 Å². The van der Waals surface area contributed by atoms with E-state index in [-0.39, 0.29) is 5.52 Å². The van der Waals surface area contributed by atoms with Crippen molar-refractivity contribution in [1.29, 1.82) is 0 Å². The minimum atomic E-state index is -2.96. The minimum absolute atomic E-state index is 0.230. The molecule has 0 aliphatic rings. The van der Waals surface area contributed by atoms with E-state index >= 15 is 0 Å². The fourth-order valence-corrected chi connectivity index (χ4v) is 2.89. The highest BCUT2D eigenvalue weighted by molar-refractivity contribution is 7.76. The summed E-state index contributed by atoms with van der Waals surface area (Å²) in [6, 6.07) is 0. The first kappa shape index (κ1) is 12.9. The number of carbonyl (C=O) groups is 1. The second kappa shape index (κ2) is 6.33. The quantitative estimate of drug-likeness (QED) is 0.475. The molecule has 0 aromatic carbocycles. The lowest BCUT2D eigenvalue weighted by molar-refractivity contribution is -0.112. The number of rotatable bonds is 7. The third kappa shape index (κ3) is 4.06. The van der Waals surface area contributed by atoms with Gasteiger partial charge in [-0.05, 0) is 6.42 Å². The molecule has 0 aliphatic carbocycles. The van der Waals surface area contributed by atoms with Crippen LogP contribution in [0.3, 0.4) is 0 Å². The van der Waals surface area contributed by atoms with Gasteiger partial charge in [0.1, 0.15) is 0 Å². The van der Waals surface area contributed by atoms with Crippen LogP contribution in [0.1, 0.15) is 39.5 Å². The summed E-state index contributed by atoms with van der Waals surface area (Å²) in [5, 5.41) is 0. The highest BCUT2D eigenvalue weighted by atomic mass is 31.2. The Kier molecular flexibility index (Phi) is 6.27. The van der Waals surface area contributed by atoms with Crippen LogP contribution in [0.4, 0.5) is 0 Å². The Morgan fingerprint density at radius 3 is 2.31 bits per heavy atom. The zero-order valence-corrected chi connectivity index (χ0v) is 9.60. The van der Waals surface area contributed by atoms with Crippen molar-refractivity contribution >= 4 is 12.9 Å². The first-order chi connectivity index (χ1) is 6.10. The van der Waals surface area contributed by atoms with Gasteiger partial charge in [0.25, 0.3) is 7.37 Å². The molecule has 0 saturated heterocycles. The third-order valence-corrected chi connectivity index (χ3v) is 4.60. The van der Waals surface area contributed by atoms with Crippen molar-refractivity contribution in [2.75, 3.05) is 13.3 Å². The highest BCUT2D eigenvalue weighted by Gasteiger charge is 2.28. The van der Waals surface area contributed by atoms with Crippen LogP contribution in [0.15, 0.2) is 0 Å². The highest BCUT2D eigenvalue weighted by Crippen LogP contribution is 2.48. The van der Waals surface area contributed by atoms with E-state index in [4.69, 9.17) is 4.52 Å². The Morgan fingerprint density at radius 1 is 1.31 bits per heavy atom. The summed E-state index contributed by atoms with van der Waals surface area (Å²) in [7, 11) is -1.60. The molecule has 1 atom stereocenters. The summed E-state index contributed by atoms with van der Waals surface area (Å²) >= 11 is 0. The van der Waals surface area contributed by atoms with Crippen molar-refractivity contribution in [2.24, 2.45) is 0 Å². The molecule has 13 heavy (non-hydrogen) atoms. The van der Waals surface area contributed by atoms with Crippen LogP contribution in [0, 0.1) is 0 Å². The van der Waals surface area contributed by atoms with E-state index in [0.717, 1.165) is 19.3 Å². The summed E-state index contributed by atoms with van der Waals surface area (Å²) in [6.45, 7) is 3.78. The van der Waals surface area contributed by atoms with Crippen molar-refractivity contribution < 1.29 is 13.9 Å². The Hall–Kier alpha value is -0.140. The predicted molar refractivity (Wildman–Crippen MR) is 54.3 cm³/mol. The van der Waals surface area contributed by atoms with E-state index < -0.39 is 7.37 Å². The second-order valence-corrected chi connectivity index (χ2v) is 5.69. The standard InChI is InChI=1S/C9H19O3P/c1-4-6-7-8-13(11,12-3)9(10)5-2/h4-8H2,1-3H3. The van der Waals surface area contributed by atoms with Crippen LogP contribution in [0.5, 0.6) is 0 Å². The Morgan fingerprint density at radius 2 is 1.92 bits per heavy atom. The Balaban J connectivity index is 4.12. The average Bonchev–Trinajstić information content (AvgIpc) is 2.16. The van der Waals surface area contributed by atoms with Crippen LogP contribution in [-0.4, -0.2) is 18.8 Å². The zero-order chi connectivity index (χ0) is 10.3. The van der Waals surface area contributed by atoms with Gasteiger partial charge in [-0.2, -0.15) is 0 Å². The van der Waals surface area contributed by atoms with Crippen LogP contribution >= 0.6 is 7.37 Å². The molecular formula is C9H19O3P. The summed E-state index contributed by atoms with van der Waals surface area (Å²) in [6.07, 6.45) is 3.59. The van der Waals surface area contributed by atoms with Gasteiger partial charge in [0.05, 0.1) is 0 Å². The predicted octanol–water partition coefficient (Wildman–Crippen LogP) is 3.04. The Labute approximate surface area is 80.3 Å². The van der Waals surface area contributed by atoms with Crippen LogP contribution in [0.25, 0.3) is 0 Å². The molecule has 0 aromatic rings. The largest absolute Gasteiger partial charge is 0.327 e. The molecule has 0 aliphatic heterocycles. The summed E-state index contributed by atoms with van der Waals surface area (Å²) < 4.78 is 16.7. The molecule has 1 unspecified atom stereocenters. The van der Waals surface area contributed by atoms with E-state index in [9.17, 15) is 9.36 Å². The van der Waals surface area contributed by atoms with Crippen LogP contribution < -0.4 is 0 Å². The summed E-state index contributed by atoms with van der Waals surface area (Å²) in [5.41, 5.74) is -0.230. The molecule has 0 aromatic heterocycles. The molecule has 4 heteroatoms. The maximum Gasteiger partial charge on any atom is 0.266 e. The smallest absolute Gasteiger partial charge is 0.266 e. The fraction of sp³-hybridized carbons (Fsp3) is 0.889. The molecule has 0 radical (unpaired) electrons. The van der Waals surface area contributed by atoms with Crippen molar-refractivity contribution in [2.45, 2.75) is 39.5 Å². The monoisotopic (exact) mass is 206 g/mol. The average molecular weight is 206 g/mol. The molecule has 0 amide bonds. The van der Waals surface area contributed by atoms with E-state index in [1.54, 1.807) is 6.92 Å². The zero-order valence-electron chi connectivity index (χ0n) is 8.71. The molecule has 0 N–H and O–H groups in total. The third-order valence-electron chi connectivity index (χ3n) is 2.03. The van der Waals surface area contributed by atoms with Crippen molar-refractivity contribution in [1.82, 2.24) is 0 Å². The van der Waals surface area contributed by atoms with Crippen molar-refractivity contribution in [3.05, 3.63) is 0 Å².